The van der Waals surface area contributed by atoms with E-state index in [-0.39, 0.29) is 132 Å². The van der Waals surface area contributed by atoms with Gasteiger partial charge in [0.25, 0.3) is 17.7 Å². The van der Waals surface area contributed by atoms with Gasteiger partial charge >= 0.3 is 24.4 Å². The molecule has 0 aromatic heterocycles. The van der Waals surface area contributed by atoms with Crippen LogP contribution < -0.4 is 79.1 Å². The number of anilines is 3. The zero-order chi connectivity index (χ0) is 75.0. The molecule has 4 aromatic rings. The van der Waals surface area contributed by atoms with Crippen molar-refractivity contribution in [2.45, 2.75) is 34.1 Å². The number of hydrogen-bond donors (Lipinski definition) is 11. The van der Waals surface area contributed by atoms with Gasteiger partial charge in [-0.25, -0.2) is 19.2 Å². The van der Waals surface area contributed by atoms with Crippen molar-refractivity contribution in [3.05, 3.63) is 151 Å². The smallest absolute Gasteiger partial charge is 0.410 e. The Morgan fingerprint density at radius 3 is 0.745 bits per heavy atom. The molecule has 7 amide bonds. The third-order valence-corrected chi connectivity index (χ3v) is 13.5. The molecule has 31 nitrogen and oxygen atoms in total. The lowest BCUT2D eigenvalue weighted by molar-refractivity contribution is -0.115. The van der Waals surface area contributed by atoms with Gasteiger partial charge in [-0.05, 0) is 124 Å². The van der Waals surface area contributed by atoms with Crippen molar-refractivity contribution in [1.29, 1.82) is 0 Å². The molecule has 4 aromatic carbocycles. The summed E-state index contributed by atoms with van der Waals surface area (Å²) in [5.41, 5.74) is 23.9. The van der Waals surface area contributed by atoms with Crippen LogP contribution in [0.1, 0.15) is 33.3 Å². The minimum absolute atomic E-state index is 0.00138. The predicted molar refractivity (Wildman–Crippen MR) is 383 cm³/mol. The summed E-state index contributed by atoms with van der Waals surface area (Å²) in [6.45, 7) is 26.0. The van der Waals surface area contributed by atoms with Gasteiger partial charge in [0.15, 0.2) is 5.78 Å². The first kappa shape index (κ1) is 86.7. The molecule has 0 unspecified atom stereocenters. The summed E-state index contributed by atoms with van der Waals surface area (Å²) >= 11 is 0. The Kier molecular flexibility index (Phi) is 42.5. The molecule has 0 saturated carbocycles. The number of carbonyl (C=O) groups is 8. The summed E-state index contributed by atoms with van der Waals surface area (Å²) in [7, 11) is 0. The van der Waals surface area contributed by atoms with Gasteiger partial charge in [0, 0.05) is 92.6 Å². The largest absolute Gasteiger partial charge is 0.412 e. The Bertz CT molecular complexity index is 2830. The van der Waals surface area contributed by atoms with Crippen LogP contribution in [0.2, 0.25) is 0 Å². The summed E-state index contributed by atoms with van der Waals surface area (Å²) in [6, 6.07) is 24.9. The molecule has 4 rings (SSSR count). The molecule has 560 valence electrons. The Hall–Kier alpha value is -9.48. The van der Waals surface area contributed by atoms with Crippen molar-refractivity contribution in [3.63, 3.8) is 0 Å². The molecule has 0 fully saturated rings. The first-order chi connectivity index (χ1) is 48.9. The molecule has 31 heteroatoms. The van der Waals surface area contributed by atoms with E-state index in [4.69, 9.17) is 79.8 Å². The van der Waals surface area contributed by atoms with E-state index in [1.807, 2.05) is 0 Å². The summed E-state index contributed by atoms with van der Waals surface area (Å²) in [5, 5.41) is 18.5. The maximum Gasteiger partial charge on any atom is 0.412 e. The maximum atomic E-state index is 12.7. The third kappa shape index (κ3) is 37.8. The van der Waals surface area contributed by atoms with Crippen LogP contribution in [-0.2, 0) is 63.5 Å². The minimum Gasteiger partial charge on any atom is -0.410 e. The van der Waals surface area contributed by atoms with E-state index >= 15 is 0 Å². The number of nitrogens with two attached hydrogens (primary N) is 4. The number of Topliss-reactive ketones (excluding diaryl/α,β-unsaturated/α-hetero) is 1. The highest BCUT2D eigenvalue weighted by molar-refractivity contribution is 6.04. The zero-order valence-electron chi connectivity index (χ0n) is 58.7. The normalized spacial score (nSPS) is 10.9. The molecule has 0 bridgehead atoms. The number of rotatable bonds is 49. The van der Waals surface area contributed by atoms with E-state index < -0.39 is 35.2 Å². The van der Waals surface area contributed by atoms with Crippen LogP contribution in [0.25, 0.3) is 0 Å². The lowest BCUT2D eigenvalue weighted by Crippen LogP contribution is -2.44. The first-order valence-electron chi connectivity index (χ1n) is 32.7. The molecule has 0 radical (unpaired) electrons. The van der Waals surface area contributed by atoms with Gasteiger partial charge in [-0.1, -0.05) is 38.4 Å². The lowest BCUT2D eigenvalue weighted by atomic mass is 9.92. The molecule has 0 aliphatic heterocycles. The molecular formula is C71H101N11O20. The predicted octanol–water partition coefficient (Wildman–Crippen LogP) is 5.30. The van der Waals surface area contributed by atoms with Gasteiger partial charge < -0.3 is 117 Å². The second kappa shape index (κ2) is 50.0. The standard InChI is InChI=1S/C58H69N7O16.C13H32N4O4/c1-38(2)50(66)33-42-9-17-46(18-10-42)78-54(70)59-25-29-74-34-58(35-75-30-26-60-55(71)79-47-19-11-43(12-20-47)63-51(67)39(3)4,36-76-31-27-61-56(72)80-48-21-13-44(14-22-48)64-52(68)40(5)6)37-77-32-28-62-57(73)81-49-23-15-45(16-24-49)65-53(69)41(7)8;14-1-5-18-9-13(10-19-6-2-15,11-20-7-3-16)12-21-8-4-17/h9-24H,1,3,5,7,25-37H2,2,4,6,8H3,(H,59,70)(H,60,71)(H,61,72)(H,62,73)(H,63,67)(H,64,68)(H,65,69);1-12,14-17H2. The van der Waals surface area contributed by atoms with Crippen molar-refractivity contribution in [1.82, 2.24) is 21.3 Å². The highest BCUT2D eigenvalue weighted by atomic mass is 16.6. The molecule has 0 saturated heterocycles. The van der Waals surface area contributed by atoms with Crippen molar-refractivity contribution >= 4 is 64.9 Å². The molecule has 15 N–H and O–H groups in total. The molecule has 102 heavy (non-hydrogen) atoms. The third-order valence-electron chi connectivity index (χ3n) is 13.5. The van der Waals surface area contributed by atoms with E-state index in [1.54, 1.807) is 88.4 Å². The number of benzene rings is 4. The van der Waals surface area contributed by atoms with Crippen molar-refractivity contribution in [2.24, 2.45) is 33.8 Å². The summed E-state index contributed by atoms with van der Waals surface area (Å²) < 4.78 is 68.1. The average Bonchev–Trinajstić information content (AvgIpc) is 0.890. The number of carbonyl (C=O) groups excluding carboxylic acids is 8. The number of nitrogens with one attached hydrogen (secondary N) is 7. The van der Waals surface area contributed by atoms with Gasteiger partial charge in [0.05, 0.1) is 117 Å². The molecule has 0 atom stereocenters. The summed E-state index contributed by atoms with van der Waals surface area (Å²) in [6.07, 6.45) is -2.92. The van der Waals surface area contributed by atoms with Crippen LogP contribution in [0.15, 0.2) is 146 Å². The van der Waals surface area contributed by atoms with Crippen molar-refractivity contribution in [2.75, 3.05) is 174 Å². The van der Waals surface area contributed by atoms with E-state index in [2.05, 4.69) is 63.5 Å². The second-order valence-electron chi connectivity index (χ2n) is 23.1. The van der Waals surface area contributed by atoms with Crippen LogP contribution in [0.5, 0.6) is 23.0 Å². The van der Waals surface area contributed by atoms with Gasteiger partial charge in [-0.3, -0.25) is 19.2 Å². The van der Waals surface area contributed by atoms with E-state index in [1.165, 1.54) is 36.4 Å². The van der Waals surface area contributed by atoms with E-state index in [9.17, 15) is 38.4 Å². The number of ketones is 1. The Morgan fingerprint density at radius 1 is 0.324 bits per heavy atom. The highest BCUT2D eigenvalue weighted by Gasteiger charge is 2.34. The quantitative estimate of drug-likeness (QED) is 0.0197. The molecular weight excluding hydrogens is 1330 g/mol. The summed E-state index contributed by atoms with van der Waals surface area (Å²) in [5.74, 6) is -0.295. The Morgan fingerprint density at radius 2 is 0.539 bits per heavy atom. The number of amides is 7. The maximum absolute atomic E-state index is 12.7. The Labute approximate surface area is 595 Å². The monoisotopic (exact) mass is 1430 g/mol. The summed E-state index contributed by atoms with van der Waals surface area (Å²) in [4.78, 5) is 98.8. The van der Waals surface area contributed by atoms with Crippen LogP contribution in [0.4, 0.5) is 36.2 Å². The van der Waals surface area contributed by atoms with Crippen LogP contribution in [0.3, 0.4) is 0 Å². The molecule has 0 aliphatic rings. The van der Waals surface area contributed by atoms with Crippen LogP contribution >= 0.6 is 0 Å². The van der Waals surface area contributed by atoms with Crippen molar-refractivity contribution in [3.8, 4) is 23.0 Å². The van der Waals surface area contributed by atoms with Crippen molar-refractivity contribution < 1.29 is 95.2 Å². The second-order valence-corrected chi connectivity index (χ2v) is 23.1. The van der Waals surface area contributed by atoms with E-state index in [0.717, 1.165) is 5.56 Å². The Balaban J connectivity index is 0.00000110. The number of ether oxygens (including phenoxy) is 12. The fourth-order valence-corrected chi connectivity index (χ4v) is 8.16. The van der Waals surface area contributed by atoms with Gasteiger partial charge in [-0.15, -0.1) is 0 Å². The SMILES string of the molecule is C=C(C)C(=O)Cc1ccc(OC(=O)NCCOCC(COCCNC(=O)Oc2ccc(NC(=O)C(=C)C)cc2)(COCCNC(=O)Oc2ccc(NC(=O)C(=C)C)cc2)COCCNC(=O)Oc2ccc(NC(=O)C(=C)C)cc2)cc1.NCCOCC(COCCN)(COCCN)COCCN. The minimum atomic E-state index is -1.10. The van der Waals surface area contributed by atoms with Gasteiger partial charge in [0.1, 0.15) is 23.0 Å². The number of hydrogen-bond acceptors (Lipinski definition) is 24. The fourth-order valence-electron chi connectivity index (χ4n) is 8.16. The van der Waals surface area contributed by atoms with Crippen LogP contribution in [0, 0.1) is 10.8 Å². The average molecular weight is 1430 g/mol. The van der Waals surface area contributed by atoms with Crippen LogP contribution in [-0.4, -0.2) is 206 Å². The zero-order valence-corrected chi connectivity index (χ0v) is 58.7. The van der Waals surface area contributed by atoms with Gasteiger partial charge in [0.2, 0.25) is 0 Å². The molecule has 0 spiro atoms. The van der Waals surface area contributed by atoms with Gasteiger partial charge in [-0.2, -0.15) is 0 Å². The van der Waals surface area contributed by atoms with E-state index in [0.29, 0.717) is 118 Å². The number of allylic oxidation sites excluding steroid dienone is 1. The topological polar surface area (TPSA) is 436 Å². The lowest BCUT2D eigenvalue weighted by Gasteiger charge is -2.33. The first-order valence-corrected chi connectivity index (χ1v) is 32.7. The fraction of sp³-hybridized carbons (Fsp3) is 0.437. The molecule has 0 aliphatic carbocycles. The molecule has 0 heterocycles. The highest BCUT2D eigenvalue weighted by Crippen LogP contribution is 2.24.